The average Bonchev–Trinajstić information content (AvgIpc) is 2.18. The monoisotopic (exact) mass is 179 g/mol. The standard InChI is InChI=1S/C11H17NO/c1-2-11(13)10-5-3-4-9(8-10)6-7-12/h3-5,8,11,13H,2,6-7,12H2,1H3. The van der Waals surface area contributed by atoms with Crippen LogP contribution >= 0.6 is 0 Å². The molecule has 0 bridgehead atoms. The number of hydrogen-bond donors (Lipinski definition) is 2. The second-order valence-corrected chi connectivity index (χ2v) is 3.21. The number of hydrogen-bond acceptors (Lipinski definition) is 2. The minimum Gasteiger partial charge on any atom is -0.388 e. The van der Waals surface area contributed by atoms with Gasteiger partial charge in [-0.1, -0.05) is 31.2 Å². The van der Waals surface area contributed by atoms with Gasteiger partial charge in [0.15, 0.2) is 0 Å². The van der Waals surface area contributed by atoms with E-state index < -0.39 is 0 Å². The minimum absolute atomic E-state index is 0.335. The van der Waals surface area contributed by atoms with Crippen LogP contribution in [0.4, 0.5) is 0 Å². The van der Waals surface area contributed by atoms with E-state index in [0.29, 0.717) is 6.54 Å². The Hall–Kier alpha value is -0.860. The van der Waals surface area contributed by atoms with E-state index in [4.69, 9.17) is 5.73 Å². The van der Waals surface area contributed by atoms with Crippen molar-refractivity contribution >= 4 is 0 Å². The Morgan fingerprint density at radius 1 is 1.46 bits per heavy atom. The SMILES string of the molecule is CCC(O)c1cccc(CCN)c1. The van der Waals surface area contributed by atoms with Gasteiger partial charge in [0.25, 0.3) is 0 Å². The molecule has 0 radical (unpaired) electrons. The largest absolute Gasteiger partial charge is 0.388 e. The molecule has 1 rings (SSSR count). The molecule has 3 N–H and O–H groups in total. The second-order valence-electron chi connectivity index (χ2n) is 3.21. The molecule has 0 aromatic heterocycles. The number of aliphatic hydroxyl groups excluding tert-OH is 1. The molecule has 0 aliphatic carbocycles. The lowest BCUT2D eigenvalue weighted by Crippen LogP contribution is -2.03. The summed E-state index contributed by atoms with van der Waals surface area (Å²) < 4.78 is 0. The molecule has 2 heteroatoms. The number of benzene rings is 1. The average molecular weight is 179 g/mol. The maximum atomic E-state index is 9.59. The Kier molecular flexibility index (Phi) is 3.93. The Bertz CT molecular complexity index is 260. The van der Waals surface area contributed by atoms with E-state index >= 15 is 0 Å². The molecule has 0 saturated heterocycles. The van der Waals surface area contributed by atoms with Crippen LogP contribution in [-0.4, -0.2) is 11.7 Å². The highest BCUT2D eigenvalue weighted by molar-refractivity contribution is 5.25. The molecule has 0 aliphatic rings. The molecule has 1 atom stereocenters. The van der Waals surface area contributed by atoms with Gasteiger partial charge in [-0.25, -0.2) is 0 Å². The van der Waals surface area contributed by atoms with Crippen LogP contribution in [0.3, 0.4) is 0 Å². The predicted molar refractivity (Wildman–Crippen MR) is 54.5 cm³/mol. The molecule has 2 nitrogen and oxygen atoms in total. The van der Waals surface area contributed by atoms with Gasteiger partial charge in [0, 0.05) is 0 Å². The van der Waals surface area contributed by atoms with Gasteiger partial charge in [-0.3, -0.25) is 0 Å². The van der Waals surface area contributed by atoms with Crippen LogP contribution in [0.1, 0.15) is 30.6 Å². The molecule has 1 unspecified atom stereocenters. The summed E-state index contributed by atoms with van der Waals surface area (Å²) in [7, 11) is 0. The molecule has 0 spiro atoms. The van der Waals surface area contributed by atoms with Crippen molar-refractivity contribution in [2.45, 2.75) is 25.9 Å². The molecule has 0 aliphatic heterocycles. The minimum atomic E-state index is -0.335. The van der Waals surface area contributed by atoms with Crippen LogP contribution in [0.25, 0.3) is 0 Å². The molecule has 1 aromatic carbocycles. The smallest absolute Gasteiger partial charge is 0.0787 e. The van der Waals surface area contributed by atoms with Crippen LogP contribution in [0.15, 0.2) is 24.3 Å². The molecule has 0 fully saturated rings. The summed E-state index contributed by atoms with van der Waals surface area (Å²) >= 11 is 0. The van der Waals surface area contributed by atoms with E-state index in [1.165, 1.54) is 5.56 Å². The van der Waals surface area contributed by atoms with Crippen molar-refractivity contribution in [3.8, 4) is 0 Å². The quantitative estimate of drug-likeness (QED) is 0.738. The lowest BCUT2D eigenvalue weighted by Gasteiger charge is -2.09. The summed E-state index contributed by atoms with van der Waals surface area (Å²) in [6, 6.07) is 7.99. The third kappa shape index (κ3) is 2.83. The maximum Gasteiger partial charge on any atom is 0.0787 e. The molecule has 0 heterocycles. The Labute approximate surface area is 79.4 Å². The van der Waals surface area contributed by atoms with Crippen LogP contribution in [0, 0.1) is 0 Å². The molecular weight excluding hydrogens is 162 g/mol. The first-order valence-corrected chi connectivity index (χ1v) is 4.75. The van der Waals surface area contributed by atoms with Crippen molar-refractivity contribution < 1.29 is 5.11 Å². The van der Waals surface area contributed by atoms with Gasteiger partial charge in [-0.15, -0.1) is 0 Å². The van der Waals surface area contributed by atoms with Crippen molar-refractivity contribution in [1.82, 2.24) is 0 Å². The van der Waals surface area contributed by atoms with Gasteiger partial charge >= 0.3 is 0 Å². The first-order chi connectivity index (χ1) is 6.27. The Balaban J connectivity index is 2.78. The van der Waals surface area contributed by atoms with Gasteiger partial charge in [-0.05, 0) is 30.5 Å². The number of aliphatic hydroxyl groups is 1. The first-order valence-electron chi connectivity index (χ1n) is 4.75. The summed E-state index contributed by atoms with van der Waals surface area (Å²) in [5.74, 6) is 0. The molecule has 1 aromatic rings. The van der Waals surface area contributed by atoms with E-state index in [1.54, 1.807) is 0 Å². The zero-order chi connectivity index (χ0) is 9.68. The van der Waals surface area contributed by atoms with Gasteiger partial charge < -0.3 is 10.8 Å². The van der Waals surface area contributed by atoms with E-state index in [9.17, 15) is 5.11 Å². The van der Waals surface area contributed by atoms with Gasteiger partial charge in [0.1, 0.15) is 0 Å². The topological polar surface area (TPSA) is 46.2 Å². The molecule has 0 amide bonds. The van der Waals surface area contributed by atoms with Crippen LogP contribution in [0.2, 0.25) is 0 Å². The van der Waals surface area contributed by atoms with Gasteiger partial charge in [-0.2, -0.15) is 0 Å². The van der Waals surface area contributed by atoms with Crippen molar-refractivity contribution in [2.24, 2.45) is 5.73 Å². The fourth-order valence-electron chi connectivity index (χ4n) is 1.36. The highest BCUT2D eigenvalue weighted by Crippen LogP contribution is 2.17. The maximum absolute atomic E-state index is 9.59. The van der Waals surface area contributed by atoms with E-state index in [0.717, 1.165) is 18.4 Å². The van der Waals surface area contributed by atoms with Crippen LogP contribution < -0.4 is 5.73 Å². The molecule has 13 heavy (non-hydrogen) atoms. The predicted octanol–water partition coefficient (Wildman–Crippen LogP) is 1.63. The van der Waals surface area contributed by atoms with Crippen molar-refractivity contribution in [2.75, 3.05) is 6.54 Å². The van der Waals surface area contributed by atoms with Gasteiger partial charge in [0.2, 0.25) is 0 Å². The Morgan fingerprint density at radius 2 is 2.23 bits per heavy atom. The summed E-state index contributed by atoms with van der Waals surface area (Å²) in [6.45, 7) is 2.63. The molecule has 0 saturated carbocycles. The third-order valence-electron chi connectivity index (χ3n) is 2.16. The number of rotatable bonds is 4. The van der Waals surface area contributed by atoms with Crippen LogP contribution in [0.5, 0.6) is 0 Å². The van der Waals surface area contributed by atoms with Crippen molar-refractivity contribution in [1.29, 1.82) is 0 Å². The zero-order valence-corrected chi connectivity index (χ0v) is 8.03. The van der Waals surface area contributed by atoms with E-state index in [-0.39, 0.29) is 6.10 Å². The zero-order valence-electron chi connectivity index (χ0n) is 8.03. The van der Waals surface area contributed by atoms with E-state index in [1.807, 2.05) is 31.2 Å². The van der Waals surface area contributed by atoms with E-state index in [2.05, 4.69) is 0 Å². The molecule has 72 valence electrons. The van der Waals surface area contributed by atoms with Crippen molar-refractivity contribution in [3.63, 3.8) is 0 Å². The second kappa shape index (κ2) is 5.00. The normalized spacial score (nSPS) is 12.8. The number of nitrogens with two attached hydrogens (primary N) is 1. The van der Waals surface area contributed by atoms with Crippen LogP contribution in [-0.2, 0) is 6.42 Å². The third-order valence-corrected chi connectivity index (χ3v) is 2.16. The summed E-state index contributed by atoms with van der Waals surface area (Å²) in [5.41, 5.74) is 7.65. The fourth-order valence-corrected chi connectivity index (χ4v) is 1.36. The first kappa shape index (κ1) is 10.2. The highest BCUT2D eigenvalue weighted by Gasteiger charge is 2.04. The lowest BCUT2D eigenvalue weighted by molar-refractivity contribution is 0.173. The lowest BCUT2D eigenvalue weighted by atomic mass is 10.0. The molecular formula is C11H17NO. The highest BCUT2D eigenvalue weighted by atomic mass is 16.3. The van der Waals surface area contributed by atoms with Crippen molar-refractivity contribution in [3.05, 3.63) is 35.4 Å². The van der Waals surface area contributed by atoms with Gasteiger partial charge in [0.05, 0.1) is 6.10 Å². The summed E-state index contributed by atoms with van der Waals surface area (Å²) in [5, 5.41) is 9.59. The summed E-state index contributed by atoms with van der Waals surface area (Å²) in [6.07, 6.45) is 1.30. The Morgan fingerprint density at radius 3 is 2.85 bits per heavy atom. The fraction of sp³-hybridized carbons (Fsp3) is 0.455. The summed E-state index contributed by atoms with van der Waals surface area (Å²) in [4.78, 5) is 0.